The molecule has 0 spiro atoms. The maximum atomic E-state index is 14.1. The van der Waals surface area contributed by atoms with Crippen LogP contribution in [0.25, 0.3) is 10.9 Å². The van der Waals surface area contributed by atoms with Crippen molar-refractivity contribution in [1.29, 1.82) is 0 Å². The van der Waals surface area contributed by atoms with Crippen LogP contribution in [0.2, 0.25) is 0 Å². The van der Waals surface area contributed by atoms with Gasteiger partial charge in [-0.2, -0.15) is 0 Å². The van der Waals surface area contributed by atoms with Gasteiger partial charge in [-0.25, -0.2) is 13.2 Å². The second-order valence-electron chi connectivity index (χ2n) is 5.04. The summed E-state index contributed by atoms with van der Waals surface area (Å²) in [5, 5.41) is 0.445. The molecule has 124 valence electrons. The van der Waals surface area contributed by atoms with Crippen molar-refractivity contribution >= 4 is 16.6 Å². The normalized spacial score (nSPS) is 10.8. The van der Waals surface area contributed by atoms with Gasteiger partial charge in [-0.15, -0.1) is 0 Å². The average Bonchev–Trinajstić information content (AvgIpc) is 2.58. The molecular formula is C17H13F3N2O2. The molecule has 2 N–H and O–H groups in total. The number of methoxy groups -OCH3 is 1. The van der Waals surface area contributed by atoms with E-state index in [1.54, 1.807) is 12.1 Å². The number of hydrogen-bond acceptors (Lipinski definition) is 4. The monoisotopic (exact) mass is 334 g/mol. The molecule has 0 fully saturated rings. The number of anilines is 1. The molecule has 3 aromatic rings. The fourth-order valence-electron chi connectivity index (χ4n) is 2.34. The van der Waals surface area contributed by atoms with Crippen LogP contribution >= 0.6 is 0 Å². The molecule has 0 bridgehead atoms. The van der Waals surface area contributed by atoms with Gasteiger partial charge >= 0.3 is 0 Å². The summed E-state index contributed by atoms with van der Waals surface area (Å²) in [5.41, 5.74) is 5.59. The lowest BCUT2D eigenvalue weighted by atomic mass is 10.1. The van der Waals surface area contributed by atoms with E-state index in [4.69, 9.17) is 15.2 Å². The topological polar surface area (TPSA) is 57.4 Å². The van der Waals surface area contributed by atoms with E-state index >= 15 is 0 Å². The summed E-state index contributed by atoms with van der Waals surface area (Å²) in [7, 11) is 1.33. The van der Waals surface area contributed by atoms with Gasteiger partial charge in [-0.05, 0) is 12.1 Å². The maximum Gasteiger partial charge on any atom is 0.167 e. The molecular weight excluding hydrogens is 321 g/mol. The van der Waals surface area contributed by atoms with Gasteiger partial charge in [-0.1, -0.05) is 6.07 Å². The Morgan fingerprint density at radius 2 is 1.88 bits per heavy atom. The van der Waals surface area contributed by atoms with Gasteiger partial charge in [0, 0.05) is 23.7 Å². The molecule has 0 amide bonds. The van der Waals surface area contributed by atoms with Gasteiger partial charge in [0.05, 0.1) is 23.9 Å². The third-order valence-electron chi connectivity index (χ3n) is 3.54. The fraction of sp³-hybridized carbons (Fsp3) is 0.118. The number of nitrogen functional groups attached to an aromatic ring is 1. The first-order chi connectivity index (χ1) is 11.5. The zero-order valence-electron chi connectivity index (χ0n) is 12.6. The minimum Gasteiger partial charge on any atom is -0.493 e. The van der Waals surface area contributed by atoms with E-state index in [1.807, 2.05) is 0 Å². The van der Waals surface area contributed by atoms with Gasteiger partial charge in [0.25, 0.3) is 0 Å². The Balaban J connectivity index is 2.00. The quantitative estimate of drug-likeness (QED) is 0.737. The van der Waals surface area contributed by atoms with Crippen LogP contribution in [0.4, 0.5) is 18.9 Å². The Morgan fingerprint density at radius 1 is 1.08 bits per heavy atom. The van der Waals surface area contributed by atoms with E-state index in [0.717, 1.165) is 12.1 Å². The van der Waals surface area contributed by atoms with E-state index in [9.17, 15) is 13.2 Å². The summed E-state index contributed by atoms with van der Waals surface area (Å²) in [4.78, 5) is 4.07. The SMILES string of the molecule is COc1cc(F)c(N)cc1OCc1c(F)c(F)cc2cccnc12. The van der Waals surface area contributed by atoms with Crippen molar-refractivity contribution < 1.29 is 22.6 Å². The summed E-state index contributed by atoms with van der Waals surface area (Å²) >= 11 is 0. The van der Waals surface area contributed by atoms with Crippen LogP contribution in [0.1, 0.15) is 5.56 Å². The molecule has 0 radical (unpaired) electrons. The van der Waals surface area contributed by atoms with E-state index in [2.05, 4.69) is 4.98 Å². The molecule has 24 heavy (non-hydrogen) atoms. The number of rotatable bonds is 4. The predicted molar refractivity (Wildman–Crippen MR) is 83.4 cm³/mol. The second-order valence-corrected chi connectivity index (χ2v) is 5.04. The van der Waals surface area contributed by atoms with Crippen molar-refractivity contribution in [1.82, 2.24) is 4.98 Å². The van der Waals surface area contributed by atoms with Crippen molar-refractivity contribution in [3.63, 3.8) is 0 Å². The van der Waals surface area contributed by atoms with Crippen LogP contribution in [0, 0.1) is 17.5 Å². The van der Waals surface area contributed by atoms with Crippen LogP contribution in [-0.2, 0) is 6.61 Å². The molecule has 0 saturated carbocycles. The van der Waals surface area contributed by atoms with Gasteiger partial charge in [-0.3, -0.25) is 4.98 Å². The number of fused-ring (bicyclic) bond motifs is 1. The largest absolute Gasteiger partial charge is 0.493 e. The summed E-state index contributed by atoms with van der Waals surface area (Å²) in [6, 6.07) is 6.58. The molecule has 0 aliphatic heterocycles. The highest BCUT2D eigenvalue weighted by Crippen LogP contribution is 2.33. The lowest BCUT2D eigenvalue weighted by Gasteiger charge is -2.13. The Bertz CT molecular complexity index is 916. The minimum atomic E-state index is -1.05. The van der Waals surface area contributed by atoms with Crippen molar-refractivity contribution in [2.45, 2.75) is 6.61 Å². The lowest BCUT2D eigenvalue weighted by Crippen LogP contribution is -2.05. The molecule has 0 aliphatic carbocycles. The Hall–Kier alpha value is -2.96. The molecule has 0 unspecified atom stereocenters. The van der Waals surface area contributed by atoms with Crippen LogP contribution in [-0.4, -0.2) is 12.1 Å². The van der Waals surface area contributed by atoms with Crippen LogP contribution in [0.15, 0.2) is 36.5 Å². The molecule has 7 heteroatoms. The van der Waals surface area contributed by atoms with Crippen molar-refractivity contribution in [2.75, 3.05) is 12.8 Å². The van der Waals surface area contributed by atoms with Crippen molar-refractivity contribution in [2.24, 2.45) is 0 Å². The zero-order chi connectivity index (χ0) is 17.3. The number of hydrogen-bond donors (Lipinski definition) is 1. The highest BCUT2D eigenvalue weighted by Gasteiger charge is 2.17. The molecule has 3 rings (SSSR count). The third-order valence-corrected chi connectivity index (χ3v) is 3.54. The van der Waals surface area contributed by atoms with Crippen molar-refractivity contribution in [3.05, 3.63) is 59.5 Å². The molecule has 1 heterocycles. The summed E-state index contributed by atoms with van der Waals surface area (Å²) in [6.07, 6.45) is 1.47. The first kappa shape index (κ1) is 15.9. The van der Waals surface area contributed by atoms with E-state index in [-0.39, 0.29) is 34.9 Å². The smallest absolute Gasteiger partial charge is 0.167 e. The first-order valence-electron chi connectivity index (χ1n) is 6.98. The number of pyridine rings is 1. The molecule has 1 aromatic heterocycles. The molecule has 0 saturated heterocycles. The summed E-state index contributed by atoms with van der Waals surface area (Å²) in [6.45, 7) is -0.321. The molecule has 0 atom stereocenters. The molecule has 2 aromatic carbocycles. The van der Waals surface area contributed by atoms with Gasteiger partial charge < -0.3 is 15.2 Å². The number of halogens is 3. The third kappa shape index (κ3) is 2.80. The average molecular weight is 334 g/mol. The van der Waals surface area contributed by atoms with Crippen LogP contribution < -0.4 is 15.2 Å². The number of aromatic nitrogens is 1. The predicted octanol–water partition coefficient (Wildman–Crippen LogP) is 3.82. The first-order valence-corrected chi connectivity index (χ1v) is 6.98. The minimum absolute atomic E-state index is 0.0458. The van der Waals surface area contributed by atoms with Gasteiger partial charge in [0.15, 0.2) is 23.1 Å². The Morgan fingerprint density at radius 3 is 2.62 bits per heavy atom. The highest BCUT2D eigenvalue weighted by molar-refractivity contribution is 5.81. The second kappa shape index (κ2) is 6.27. The number of nitrogens with zero attached hydrogens (tertiary/aromatic N) is 1. The van der Waals surface area contributed by atoms with Crippen LogP contribution in [0.5, 0.6) is 11.5 Å². The Kier molecular flexibility index (Phi) is 4.16. The zero-order valence-corrected chi connectivity index (χ0v) is 12.6. The summed E-state index contributed by atoms with van der Waals surface area (Å²) < 4.78 is 51.8. The maximum absolute atomic E-state index is 14.1. The molecule has 0 aliphatic rings. The lowest BCUT2D eigenvalue weighted by molar-refractivity contribution is 0.278. The van der Waals surface area contributed by atoms with Crippen molar-refractivity contribution in [3.8, 4) is 11.5 Å². The van der Waals surface area contributed by atoms with Gasteiger partial charge in [0.1, 0.15) is 12.4 Å². The van der Waals surface area contributed by atoms with Crippen LogP contribution in [0.3, 0.4) is 0 Å². The van der Waals surface area contributed by atoms with E-state index in [0.29, 0.717) is 5.39 Å². The van der Waals surface area contributed by atoms with Gasteiger partial charge in [0.2, 0.25) is 0 Å². The Labute approximate surface area is 135 Å². The fourth-order valence-corrected chi connectivity index (χ4v) is 2.34. The van der Waals surface area contributed by atoms with E-state index < -0.39 is 17.5 Å². The summed E-state index contributed by atoms with van der Waals surface area (Å²) in [5.74, 6) is -2.50. The standard InChI is InChI=1S/C17H13F3N2O2/c1-23-14-6-11(18)13(21)7-15(14)24-8-10-16(20)12(19)5-9-3-2-4-22-17(9)10/h2-7H,8,21H2,1H3. The number of ether oxygens (including phenoxy) is 2. The highest BCUT2D eigenvalue weighted by atomic mass is 19.2. The number of nitrogens with two attached hydrogens (primary N) is 1. The molecule has 4 nitrogen and oxygen atoms in total. The number of benzene rings is 2. The van der Waals surface area contributed by atoms with E-state index in [1.165, 1.54) is 19.4 Å².